The Kier molecular flexibility index (Phi) is 6.52. The Balaban J connectivity index is 1.29. The first-order valence-electron chi connectivity index (χ1n) is 13.3. The molecule has 4 aliphatic carbocycles. The van der Waals surface area contributed by atoms with Crippen LogP contribution in [0.2, 0.25) is 0 Å². The zero-order chi connectivity index (χ0) is 22.4. The van der Waals surface area contributed by atoms with Crippen molar-refractivity contribution in [2.24, 2.45) is 34.5 Å². The lowest BCUT2D eigenvalue weighted by atomic mass is 9.43. The van der Waals surface area contributed by atoms with Crippen molar-refractivity contribution in [1.82, 2.24) is 0 Å². The van der Waals surface area contributed by atoms with Gasteiger partial charge in [0.2, 0.25) is 0 Å². The molecule has 4 saturated carbocycles. The van der Waals surface area contributed by atoms with Crippen LogP contribution >= 0.6 is 0 Å². The number of ether oxygens (including phenoxy) is 3. The number of fused-ring (bicyclic) bond motifs is 5. The van der Waals surface area contributed by atoms with Crippen molar-refractivity contribution in [2.45, 2.75) is 96.1 Å². The van der Waals surface area contributed by atoms with E-state index in [0.29, 0.717) is 55.0 Å². The van der Waals surface area contributed by atoms with Gasteiger partial charge >= 0.3 is 0 Å². The van der Waals surface area contributed by atoms with E-state index < -0.39 is 5.60 Å². The summed E-state index contributed by atoms with van der Waals surface area (Å²) in [4.78, 5) is 0. The number of allylic oxidation sites excluding steroid dienone is 1. The van der Waals surface area contributed by atoms with Crippen LogP contribution in [0.5, 0.6) is 0 Å². The van der Waals surface area contributed by atoms with Crippen LogP contribution in [0.15, 0.2) is 12.2 Å². The number of rotatable bonds is 6. The Morgan fingerprint density at radius 1 is 0.938 bits per heavy atom. The van der Waals surface area contributed by atoms with Crippen molar-refractivity contribution < 1.29 is 24.4 Å². The first-order valence-corrected chi connectivity index (χ1v) is 13.3. The molecular formula is C27H44O5. The second kappa shape index (κ2) is 8.96. The third-order valence-electron chi connectivity index (χ3n) is 10.7. The predicted molar refractivity (Wildman–Crippen MR) is 123 cm³/mol. The molecular weight excluding hydrogens is 404 g/mol. The Bertz CT molecular complexity index is 690. The van der Waals surface area contributed by atoms with Crippen LogP contribution in [-0.2, 0) is 14.2 Å². The molecule has 8 atom stereocenters. The maximum atomic E-state index is 12.3. The number of hydrogen-bond acceptors (Lipinski definition) is 5. The summed E-state index contributed by atoms with van der Waals surface area (Å²) < 4.78 is 17.3. The summed E-state index contributed by atoms with van der Waals surface area (Å²) in [7, 11) is 0. The fourth-order valence-corrected chi connectivity index (χ4v) is 8.71. The van der Waals surface area contributed by atoms with Gasteiger partial charge in [0.1, 0.15) is 0 Å². The van der Waals surface area contributed by atoms with Gasteiger partial charge in [-0.2, -0.15) is 0 Å². The van der Waals surface area contributed by atoms with Gasteiger partial charge in [0.05, 0.1) is 24.9 Å². The third-order valence-corrected chi connectivity index (χ3v) is 10.7. The minimum absolute atomic E-state index is 0.0446. The van der Waals surface area contributed by atoms with E-state index in [1.54, 1.807) is 0 Å². The Morgan fingerprint density at radius 2 is 1.75 bits per heavy atom. The van der Waals surface area contributed by atoms with Gasteiger partial charge in [0.15, 0.2) is 6.29 Å². The highest BCUT2D eigenvalue weighted by Gasteiger charge is 2.66. The van der Waals surface area contributed by atoms with Crippen molar-refractivity contribution in [2.75, 3.05) is 26.4 Å². The summed E-state index contributed by atoms with van der Waals surface area (Å²) in [5.74, 6) is 2.16. The molecule has 5 nitrogen and oxygen atoms in total. The van der Waals surface area contributed by atoms with Crippen molar-refractivity contribution >= 4 is 0 Å². The van der Waals surface area contributed by atoms with E-state index in [4.69, 9.17) is 19.3 Å². The summed E-state index contributed by atoms with van der Waals surface area (Å²) in [5, 5.41) is 21.3. The molecule has 5 aliphatic rings. The molecule has 2 N–H and O–H groups in total. The van der Waals surface area contributed by atoms with E-state index in [2.05, 4.69) is 26.0 Å². The molecule has 0 spiro atoms. The predicted octanol–water partition coefficient (Wildman–Crippen LogP) is 4.46. The lowest BCUT2D eigenvalue weighted by Crippen LogP contribution is -2.62. The molecule has 5 heteroatoms. The van der Waals surface area contributed by atoms with Gasteiger partial charge in [-0.1, -0.05) is 19.9 Å². The number of aliphatic hydroxyl groups excluding tert-OH is 1. The number of hydrogen-bond donors (Lipinski definition) is 2. The molecule has 1 saturated heterocycles. The highest BCUT2D eigenvalue weighted by Crippen LogP contribution is 2.69. The smallest absolute Gasteiger partial charge is 0.177 e. The average Bonchev–Trinajstić information content (AvgIpc) is 3.39. The summed E-state index contributed by atoms with van der Waals surface area (Å²) in [5.41, 5.74) is -0.266. The molecule has 1 heterocycles. The highest BCUT2D eigenvalue weighted by molar-refractivity contribution is 5.19. The van der Waals surface area contributed by atoms with Crippen LogP contribution in [0, 0.1) is 34.5 Å². The Hall–Kier alpha value is -0.460. The van der Waals surface area contributed by atoms with E-state index in [0.717, 1.165) is 44.9 Å². The van der Waals surface area contributed by atoms with E-state index in [-0.39, 0.29) is 18.3 Å². The molecule has 0 amide bonds. The van der Waals surface area contributed by atoms with Gasteiger partial charge in [-0.3, -0.25) is 0 Å². The van der Waals surface area contributed by atoms with Gasteiger partial charge in [-0.05, 0) is 99.4 Å². The lowest BCUT2D eigenvalue weighted by molar-refractivity contribution is -0.209. The maximum Gasteiger partial charge on any atom is 0.177 e. The quantitative estimate of drug-likeness (QED) is 0.464. The van der Waals surface area contributed by atoms with Crippen LogP contribution in [0.3, 0.4) is 0 Å². The molecule has 0 aromatic rings. The third kappa shape index (κ3) is 3.71. The minimum atomic E-state index is -0.551. The van der Waals surface area contributed by atoms with Gasteiger partial charge in [-0.25, -0.2) is 0 Å². The van der Waals surface area contributed by atoms with Gasteiger partial charge in [0.25, 0.3) is 0 Å². The SMILES string of the molecule is C[C@]12CCC(OCCCO)CC1CC[C@@H]1[C@@H]2CC[C@]2(C)[C@@H](/C=C/C3OCCO3)CC[C@@]12O. The molecule has 32 heavy (non-hydrogen) atoms. The monoisotopic (exact) mass is 448 g/mol. The Labute approximate surface area is 193 Å². The van der Waals surface area contributed by atoms with Crippen LogP contribution in [0.1, 0.15) is 78.1 Å². The van der Waals surface area contributed by atoms with Crippen molar-refractivity contribution in [3.63, 3.8) is 0 Å². The van der Waals surface area contributed by atoms with Crippen LogP contribution < -0.4 is 0 Å². The molecule has 0 bridgehead atoms. The maximum absolute atomic E-state index is 12.3. The van der Waals surface area contributed by atoms with Crippen molar-refractivity contribution in [3.05, 3.63) is 12.2 Å². The summed E-state index contributed by atoms with van der Waals surface area (Å²) in [6.45, 7) is 7.15. The van der Waals surface area contributed by atoms with Gasteiger partial charge < -0.3 is 24.4 Å². The molecule has 1 aliphatic heterocycles. The molecule has 0 aromatic heterocycles. The lowest BCUT2D eigenvalue weighted by Gasteiger charge is -2.63. The Morgan fingerprint density at radius 3 is 2.53 bits per heavy atom. The van der Waals surface area contributed by atoms with E-state index in [1.807, 2.05) is 0 Å². The summed E-state index contributed by atoms with van der Waals surface area (Å²) >= 11 is 0. The van der Waals surface area contributed by atoms with Gasteiger partial charge in [-0.15, -0.1) is 0 Å². The van der Waals surface area contributed by atoms with E-state index in [9.17, 15) is 5.11 Å². The highest BCUT2D eigenvalue weighted by atomic mass is 16.7. The molecule has 0 radical (unpaired) electrons. The van der Waals surface area contributed by atoms with Crippen LogP contribution in [-0.4, -0.2) is 54.6 Å². The first-order chi connectivity index (χ1) is 15.4. The van der Waals surface area contributed by atoms with Crippen molar-refractivity contribution in [1.29, 1.82) is 0 Å². The molecule has 182 valence electrons. The average molecular weight is 449 g/mol. The largest absolute Gasteiger partial charge is 0.396 e. The fraction of sp³-hybridized carbons (Fsp3) is 0.926. The fourth-order valence-electron chi connectivity index (χ4n) is 8.71. The zero-order valence-corrected chi connectivity index (χ0v) is 20.1. The molecule has 5 rings (SSSR count). The normalized spacial score (nSPS) is 49.2. The van der Waals surface area contributed by atoms with E-state index in [1.165, 1.54) is 19.3 Å². The second-order valence-corrected chi connectivity index (χ2v) is 11.9. The van der Waals surface area contributed by atoms with Gasteiger partial charge in [0, 0.05) is 18.6 Å². The van der Waals surface area contributed by atoms with Crippen LogP contribution in [0.25, 0.3) is 0 Å². The standard InChI is InChI=1S/C27H44O5/c1-25-11-9-21(30-15-3-14-28)18-20(25)4-6-23-22(25)10-12-26(2)19(8-13-27(23,26)29)5-7-24-31-16-17-32-24/h5,7,19-24,28-29H,3-4,6,8-18H2,1-2H3/b7-5+/t19-,20?,21?,22-,23+,25-,26+,27+/m0/s1. The zero-order valence-electron chi connectivity index (χ0n) is 20.1. The first kappa shape index (κ1) is 23.3. The summed E-state index contributed by atoms with van der Waals surface area (Å²) in [6, 6.07) is 0. The number of aliphatic hydroxyl groups is 2. The van der Waals surface area contributed by atoms with Crippen molar-refractivity contribution in [3.8, 4) is 0 Å². The summed E-state index contributed by atoms with van der Waals surface area (Å²) in [6.07, 6.45) is 15.5. The van der Waals surface area contributed by atoms with Crippen LogP contribution in [0.4, 0.5) is 0 Å². The second-order valence-electron chi connectivity index (χ2n) is 11.9. The topological polar surface area (TPSA) is 68.2 Å². The molecule has 2 unspecified atom stereocenters. The van der Waals surface area contributed by atoms with E-state index >= 15 is 0 Å². The minimum Gasteiger partial charge on any atom is -0.396 e. The molecule has 0 aromatic carbocycles. The molecule has 5 fully saturated rings.